The van der Waals surface area contributed by atoms with Gasteiger partial charge in [-0.25, -0.2) is 13.1 Å². The van der Waals surface area contributed by atoms with Gasteiger partial charge in [0.15, 0.2) is 0 Å². The van der Waals surface area contributed by atoms with Crippen LogP contribution in [0.2, 0.25) is 0 Å². The SMILES string of the molecule is CCNCC(C)S(=O)(=O)NC1COc2ccccc21. The molecule has 1 aliphatic rings. The Morgan fingerprint density at radius 3 is 2.89 bits per heavy atom. The molecule has 0 saturated heterocycles. The van der Waals surface area contributed by atoms with Crippen LogP contribution >= 0.6 is 0 Å². The maximum absolute atomic E-state index is 12.2. The molecule has 6 heteroatoms. The van der Waals surface area contributed by atoms with Crippen molar-refractivity contribution in [3.63, 3.8) is 0 Å². The van der Waals surface area contributed by atoms with Gasteiger partial charge in [-0.3, -0.25) is 0 Å². The van der Waals surface area contributed by atoms with Gasteiger partial charge in [-0.1, -0.05) is 25.1 Å². The van der Waals surface area contributed by atoms with Gasteiger partial charge < -0.3 is 10.1 Å². The Balaban J connectivity index is 2.06. The van der Waals surface area contributed by atoms with E-state index in [4.69, 9.17) is 4.74 Å². The Morgan fingerprint density at radius 1 is 1.42 bits per heavy atom. The molecule has 2 N–H and O–H groups in total. The smallest absolute Gasteiger partial charge is 0.216 e. The van der Waals surface area contributed by atoms with Crippen molar-refractivity contribution >= 4 is 10.0 Å². The molecule has 1 aromatic carbocycles. The fraction of sp³-hybridized carbons (Fsp3) is 0.538. The van der Waals surface area contributed by atoms with Crippen molar-refractivity contribution in [2.45, 2.75) is 25.1 Å². The van der Waals surface area contributed by atoms with Crippen molar-refractivity contribution in [1.29, 1.82) is 0 Å². The number of hydrogen-bond donors (Lipinski definition) is 2. The molecule has 0 bridgehead atoms. The molecular formula is C13H20N2O3S. The van der Waals surface area contributed by atoms with E-state index in [1.54, 1.807) is 6.92 Å². The third-order valence-electron chi connectivity index (χ3n) is 3.22. The molecule has 1 aliphatic heterocycles. The van der Waals surface area contributed by atoms with E-state index in [0.717, 1.165) is 17.9 Å². The van der Waals surface area contributed by atoms with E-state index in [9.17, 15) is 8.42 Å². The van der Waals surface area contributed by atoms with Gasteiger partial charge in [-0.2, -0.15) is 0 Å². The van der Waals surface area contributed by atoms with E-state index in [-0.39, 0.29) is 6.04 Å². The van der Waals surface area contributed by atoms with Crippen molar-refractivity contribution < 1.29 is 13.2 Å². The fourth-order valence-electron chi connectivity index (χ4n) is 2.03. The predicted molar refractivity (Wildman–Crippen MR) is 74.7 cm³/mol. The molecule has 2 atom stereocenters. The average molecular weight is 284 g/mol. The highest BCUT2D eigenvalue weighted by Gasteiger charge is 2.30. The molecule has 106 valence electrons. The quantitative estimate of drug-likeness (QED) is 0.819. The van der Waals surface area contributed by atoms with Crippen molar-refractivity contribution in [3.8, 4) is 5.75 Å². The van der Waals surface area contributed by atoms with Crippen molar-refractivity contribution in [1.82, 2.24) is 10.0 Å². The molecule has 2 unspecified atom stereocenters. The van der Waals surface area contributed by atoms with Gasteiger partial charge in [-0.15, -0.1) is 0 Å². The lowest BCUT2D eigenvalue weighted by atomic mass is 10.1. The van der Waals surface area contributed by atoms with Gasteiger partial charge in [0.25, 0.3) is 0 Å². The van der Waals surface area contributed by atoms with E-state index in [1.165, 1.54) is 0 Å². The Hall–Kier alpha value is -1.11. The van der Waals surface area contributed by atoms with Crippen LogP contribution in [0.25, 0.3) is 0 Å². The van der Waals surface area contributed by atoms with Crippen LogP contribution in [0.15, 0.2) is 24.3 Å². The van der Waals surface area contributed by atoms with Crippen LogP contribution in [0.5, 0.6) is 5.75 Å². The predicted octanol–water partition coefficient (Wildman–Crippen LogP) is 1.04. The van der Waals surface area contributed by atoms with Gasteiger partial charge in [0, 0.05) is 12.1 Å². The van der Waals surface area contributed by atoms with Gasteiger partial charge in [0.2, 0.25) is 10.0 Å². The monoisotopic (exact) mass is 284 g/mol. The van der Waals surface area contributed by atoms with E-state index in [1.807, 2.05) is 31.2 Å². The first-order valence-corrected chi connectivity index (χ1v) is 8.03. The lowest BCUT2D eigenvalue weighted by Gasteiger charge is -2.17. The van der Waals surface area contributed by atoms with E-state index in [0.29, 0.717) is 13.2 Å². The summed E-state index contributed by atoms with van der Waals surface area (Å²) in [4.78, 5) is 0. The number of benzene rings is 1. The molecule has 0 aromatic heterocycles. The first-order valence-electron chi connectivity index (χ1n) is 6.48. The molecule has 0 fully saturated rings. The molecule has 0 aliphatic carbocycles. The minimum absolute atomic E-state index is 0.287. The summed E-state index contributed by atoms with van der Waals surface area (Å²) in [5.41, 5.74) is 0.904. The second-order valence-corrected chi connectivity index (χ2v) is 6.81. The van der Waals surface area contributed by atoms with Gasteiger partial charge in [0.05, 0.1) is 11.3 Å². The van der Waals surface area contributed by atoms with Crippen LogP contribution in [-0.2, 0) is 10.0 Å². The fourth-order valence-corrected chi connectivity index (χ4v) is 3.19. The number of para-hydroxylation sites is 1. The summed E-state index contributed by atoms with van der Waals surface area (Å²) in [6.45, 7) is 5.21. The molecule has 1 heterocycles. The Morgan fingerprint density at radius 2 is 2.16 bits per heavy atom. The molecule has 2 rings (SSSR count). The number of ether oxygens (including phenoxy) is 1. The largest absolute Gasteiger partial charge is 0.491 e. The Labute approximate surface area is 114 Å². The molecule has 0 radical (unpaired) electrons. The summed E-state index contributed by atoms with van der Waals surface area (Å²) in [6, 6.07) is 7.22. The zero-order valence-electron chi connectivity index (χ0n) is 11.2. The summed E-state index contributed by atoms with van der Waals surface area (Å²) < 4.78 is 32.6. The Kier molecular flexibility index (Phi) is 4.44. The van der Waals surface area contributed by atoms with E-state index in [2.05, 4.69) is 10.0 Å². The molecule has 0 spiro atoms. The summed E-state index contributed by atoms with van der Waals surface area (Å²) in [5.74, 6) is 0.759. The van der Waals surface area contributed by atoms with E-state index >= 15 is 0 Å². The van der Waals surface area contributed by atoms with E-state index < -0.39 is 15.3 Å². The highest BCUT2D eigenvalue weighted by Crippen LogP contribution is 2.32. The van der Waals surface area contributed by atoms with Gasteiger partial charge >= 0.3 is 0 Å². The van der Waals surface area contributed by atoms with Crippen molar-refractivity contribution in [2.75, 3.05) is 19.7 Å². The van der Waals surface area contributed by atoms with Gasteiger partial charge in [0.1, 0.15) is 12.4 Å². The number of rotatable bonds is 6. The number of hydrogen-bond acceptors (Lipinski definition) is 4. The minimum Gasteiger partial charge on any atom is -0.491 e. The zero-order chi connectivity index (χ0) is 13.9. The summed E-state index contributed by atoms with van der Waals surface area (Å²) in [6.07, 6.45) is 0. The number of nitrogens with one attached hydrogen (secondary N) is 2. The molecule has 0 amide bonds. The normalized spacial score (nSPS) is 19.8. The molecule has 19 heavy (non-hydrogen) atoms. The van der Waals surface area contributed by atoms with Crippen LogP contribution in [-0.4, -0.2) is 33.4 Å². The maximum atomic E-state index is 12.2. The summed E-state index contributed by atoms with van der Waals surface area (Å²) >= 11 is 0. The lowest BCUT2D eigenvalue weighted by Crippen LogP contribution is -2.41. The first-order chi connectivity index (χ1) is 9.04. The number of sulfonamides is 1. The zero-order valence-corrected chi connectivity index (χ0v) is 12.0. The molecule has 1 aromatic rings. The topological polar surface area (TPSA) is 67.4 Å². The van der Waals surface area contributed by atoms with Crippen LogP contribution in [0.3, 0.4) is 0 Å². The lowest BCUT2D eigenvalue weighted by molar-refractivity contribution is 0.324. The minimum atomic E-state index is -3.35. The van der Waals surface area contributed by atoms with Crippen molar-refractivity contribution in [2.24, 2.45) is 0 Å². The second-order valence-electron chi connectivity index (χ2n) is 4.68. The average Bonchev–Trinajstić information content (AvgIpc) is 2.79. The Bertz CT molecular complexity index is 530. The molecule has 5 nitrogen and oxygen atoms in total. The third kappa shape index (κ3) is 3.26. The second kappa shape index (κ2) is 5.90. The molecule has 0 saturated carbocycles. The van der Waals surface area contributed by atoms with Crippen LogP contribution in [0, 0.1) is 0 Å². The number of fused-ring (bicyclic) bond motifs is 1. The van der Waals surface area contributed by atoms with Crippen molar-refractivity contribution in [3.05, 3.63) is 29.8 Å². The highest BCUT2D eigenvalue weighted by atomic mass is 32.2. The third-order valence-corrected chi connectivity index (χ3v) is 5.06. The standard InChI is InChI=1S/C13H20N2O3S/c1-3-14-8-10(2)19(16,17)15-12-9-18-13-7-5-4-6-11(12)13/h4-7,10,12,14-15H,3,8-9H2,1-2H3. The van der Waals surface area contributed by atoms with Gasteiger partial charge in [-0.05, 0) is 19.5 Å². The van der Waals surface area contributed by atoms with Crippen LogP contribution < -0.4 is 14.8 Å². The maximum Gasteiger partial charge on any atom is 0.216 e. The highest BCUT2D eigenvalue weighted by molar-refractivity contribution is 7.90. The van der Waals surface area contributed by atoms with Crippen LogP contribution in [0.1, 0.15) is 25.5 Å². The summed E-state index contributed by atoms with van der Waals surface area (Å²) in [7, 11) is -3.35. The van der Waals surface area contributed by atoms with Crippen LogP contribution in [0.4, 0.5) is 0 Å². The first kappa shape index (κ1) is 14.3. The molecular weight excluding hydrogens is 264 g/mol. The summed E-state index contributed by atoms with van der Waals surface area (Å²) in [5, 5.41) is 2.58.